The van der Waals surface area contributed by atoms with E-state index in [4.69, 9.17) is 5.73 Å². The lowest BCUT2D eigenvalue weighted by atomic mass is 10.2. The number of rotatable bonds is 3. The van der Waals surface area contributed by atoms with Gasteiger partial charge in [0.15, 0.2) is 0 Å². The van der Waals surface area contributed by atoms with Crippen molar-refractivity contribution < 1.29 is 0 Å². The van der Waals surface area contributed by atoms with Crippen LogP contribution in [0.3, 0.4) is 0 Å². The molecular formula is C13H14N2S. The molecule has 2 rings (SSSR count). The Morgan fingerprint density at radius 3 is 2.62 bits per heavy atom. The molecule has 2 nitrogen and oxygen atoms in total. The van der Waals surface area contributed by atoms with Crippen LogP contribution in [0.4, 0.5) is 0 Å². The van der Waals surface area contributed by atoms with Crippen molar-refractivity contribution in [3.63, 3.8) is 0 Å². The Labute approximate surface area is 99.5 Å². The number of nitrogens with two attached hydrogens (primary N) is 1. The summed E-state index contributed by atoms with van der Waals surface area (Å²) in [7, 11) is 0. The van der Waals surface area contributed by atoms with Crippen molar-refractivity contribution >= 4 is 17.2 Å². The first-order valence-electron chi connectivity index (χ1n) is 5.15. The number of hydrogen-bond donors (Lipinski definition) is 1. The molecule has 0 saturated heterocycles. The van der Waals surface area contributed by atoms with Crippen LogP contribution in [0.1, 0.15) is 16.0 Å². The zero-order valence-corrected chi connectivity index (χ0v) is 10.00. The minimum atomic E-state index is 0.605. The van der Waals surface area contributed by atoms with Gasteiger partial charge in [-0.1, -0.05) is 30.3 Å². The van der Waals surface area contributed by atoms with Gasteiger partial charge >= 0.3 is 0 Å². The fourth-order valence-electron chi connectivity index (χ4n) is 1.42. The molecule has 2 aromatic rings. The maximum atomic E-state index is 5.92. The van der Waals surface area contributed by atoms with Gasteiger partial charge in [0.05, 0.1) is 6.54 Å². The summed E-state index contributed by atoms with van der Waals surface area (Å²) in [6.07, 6.45) is 0. The highest BCUT2D eigenvalue weighted by molar-refractivity contribution is 7.10. The van der Waals surface area contributed by atoms with Crippen LogP contribution in [0.25, 0.3) is 0 Å². The lowest BCUT2D eigenvalue weighted by Crippen LogP contribution is -2.13. The maximum Gasteiger partial charge on any atom is 0.125 e. The number of nitrogens with zero attached hydrogens (tertiary/aromatic N) is 1. The van der Waals surface area contributed by atoms with Gasteiger partial charge in [-0.2, -0.15) is 0 Å². The molecule has 2 N–H and O–H groups in total. The zero-order chi connectivity index (χ0) is 11.4. The molecular weight excluding hydrogens is 216 g/mol. The van der Waals surface area contributed by atoms with Gasteiger partial charge in [0.2, 0.25) is 0 Å². The highest BCUT2D eigenvalue weighted by atomic mass is 32.1. The Hall–Kier alpha value is -1.61. The third-order valence-electron chi connectivity index (χ3n) is 2.43. The van der Waals surface area contributed by atoms with E-state index >= 15 is 0 Å². The van der Waals surface area contributed by atoms with E-state index < -0.39 is 0 Å². The number of aliphatic imine (C=N–C) groups is 1. The zero-order valence-electron chi connectivity index (χ0n) is 9.18. The van der Waals surface area contributed by atoms with Crippen molar-refractivity contribution in [2.24, 2.45) is 10.7 Å². The predicted molar refractivity (Wildman–Crippen MR) is 69.9 cm³/mol. The van der Waals surface area contributed by atoms with Gasteiger partial charge in [-0.15, -0.1) is 11.3 Å². The van der Waals surface area contributed by atoms with Crippen LogP contribution in [-0.2, 0) is 6.54 Å². The number of aryl methyl sites for hydroxylation is 1. The summed E-state index contributed by atoms with van der Waals surface area (Å²) in [4.78, 5) is 5.68. The van der Waals surface area contributed by atoms with Gasteiger partial charge < -0.3 is 5.73 Å². The van der Waals surface area contributed by atoms with E-state index in [0.717, 1.165) is 5.56 Å². The highest BCUT2D eigenvalue weighted by Crippen LogP contribution is 2.16. The molecule has 0 radical (unpaired) electrons. The Balaban J connectivity index is 2.12. The molecule has 16 heavy (non-hydrogen) atoms. The fourth-order valence-corrected chi connectivity index (χ4v) is 2.25. The molecule has 1 aromatic heterocycles. The van der Waals surface area contributed by atoms with Crippen LogP contribution in [0.2, 0.25) is 0 Å². The molecule has 82 valence electrons. The average molecular weight is 230 g/mol. The smallest absolute Gasteiger partial charge is 0.125 e. The van der Waals surface area contributed by atoms with Crippen LogP contribution in [0.15, 0.2) is 46.8 Å². The van der Waals surface area contributed by atoms with Crippen molar-refractivity contribution in [3.05, 3.63) is 57.8 Å². The van der Waals surface area contributed by atoms with Gasteiger partial charge in [0, 0.05) is 10.4 Å². The summed E-state index contributed by atoms with van der Waals surface area (Å²) >= 11 is 1.72. The lowest BCUT2D eigenvalue weighted by Gasteiger charge is -2.00. The second kappa shape index (κ2) is 4.94. The van der Waals surface area contributed by atoms with Gasteiger partial charge in [0.25, 0.3) is 0 Å². The molecule has 1 heterocycles. The summed E-state index contributed by atoms with van der Waals surface area (Å²) < 4.78 is 0. The lowest BCUT2D eigenvalue weighted by molar-refractivity contribution is 1.08. The van der Waals surface area contributed by atoms with Crippen molar-refractivity contribution in [1.82, 2.24) is 0 Å². The normalized spacial score (nSPS) is 11.7. The topological polar surface area (TPSA) is 38.4 Å². The van der Waals surface area contributed by atoms with Crippen molar-refractivity contribution in [2.75, 3.05) is 0 Å². The minimum Gasteiger partial charge on any atom is -0.383 e. The van der Waals surface area contributed by atoms with E-state index in [-0.39, 0.29) is 0 Å². The first-order valence-corrected chi connectivity index (χ1v) is 6.03. The number of benzene rings is 1. The molecule has 0 aliphatic carbocycles. The minimum absolute atomic E-state index is 0.605. The molecule has 0 unspecified atom stereocenters. The van der Waals surface area contributed by atoms with Crippen LogP contribution in [-0.4, -0.2) is 5.84 Å². The molecule has 1 aromatic carbocycles. The van der Waals surface area contributed by atoms with E-state index in [1.54, 1.807) is 11.3 Å². The van der Waals surface area contributed by atoms with Crippen LogP contribution in [0.5, 0.6) is 0 Å². The van der Waals surface area contributed by atoms with Gasteiger partial charge in [-0.25, -0.2) is 0 Å². The summed E-state index contributed by atoms with van der Waals surface area (Å²) in [6, 6.07) is 12.0. The monoisotopic (exact) mass is 230 g/mol. The van der Waals surface area contributed by atoms with E-state index in [2.05, 4.69) is 23.4 Å². The van der Waals surface area contributed by atoms with Crippen LogP contribution < -0.4 is 5.73 Å². The van der Waals surface area contributed by atoms with Crippen molar-refractivity contribution in [3.8, 4) is 0 Å². The third-order valence-corrected chi connectivity index (χ3v) is 3.44. The highest BCUT2D eigenvalue weighted by Gasteiger charge is 2.00. The number of hydrogen-bond acceptors (Lipinski definition) is 2. The molecule has 0 spiro atoms. The standard InChI is InChI=1S/C13H14N2S/c1-10-7-8-16-12(10)9-15-13(14)11-5-3-2-4-6-11/h2-8H,9H2,1H3,(H2,14,15). The molecule has 0 aliphatic heterocycles. The van der Waals surface area contributed by atoms with Crippen LogP contribution >= 0.6 is 11.3 Å². The van der Waals surface area contributed by atoms with Crippen LogP contribution in [0, 0.1) is 6.92 Å². The van der Waals surface area contributed by atoms with E-state index in [1.807, 2.05) is 30.3 Å². The van der Waals surface area contributed by atoms with E-state index in [0.29, 0.717) is 12.4 Å². The summed E-state index contributed by atoms with van der Waals surface area (Å²) in [6.45, 7) is 2.77. The summed E-state index contributed by atoms with van der Waals surface area (Å²) in [5.41, 5.74) is 8.19. The molecule has 0 aliphatic rings. The van der Waals surface area contributed by atoms with E-state index in [9.17, 15) is 0 Å². The number of amidine groups is 1. The quantitative estimate of drug-likeness (QED) is 0.639. The molecule has 0 fully saturated rings. The summed E-state index contributed by atoms with van der Waals surface area (Å²) in [5, 5.41) is 2.08. The van der Waals surface area contributed by atoms with Crippen molar-refractivity contribution in [2.45, 2.75) is 13.5 Å². The molecule has 3 heteroatoms. The van der Waals surface area contributed by atoms with Crippen molar-refractivity contribution in [1.29, 1.82) is 0 Å². The second-order valence-electron chi connectivity index (χ2n) is 3.59. The van der Waals surface area contributed by atoms with Gasteiger partial charge in [-0.05, 0) is 23.9 Å². The predicted octanol–water partition coefficient (Wildman–Crippen LogP) is 2.96. The Morgan fingerprint density at radius 1 is 1.25 bits per heavy atom. The summed E-state index contributed by atoms with van der Waals surface area (Å²) in [5.74, 6) is 0.605. The molecule has 0 saturated carbocycles. The average Bonchev–Trinajstić information content (AvgIpc) is 2.73. The SMILES string of the molecule is Cc1ccsc1CN=C(N)c1ccccc1. The second-order valence-corrected chi connectivity index (χ2v) is 4.59. The molecule has 0 amide bonds. The van der Waals surface area contributed by atoms with E-state index in [1.165, 1.54) is 10.4 Å². The van der Waals surface area contributed by atoms with Gasteiger partial charge in [0.1, 0.15) is 5.84 Å². The first kappa shape index (κ1) is 10.9. The Morgan fingerprint density at radius 2 is 2.00 bits per heavy atom. The fraction of sp³-hybridized carbons (Fsp3) is 0.154. The third kappa shape index (κ3) is 2.49. The Kier molecular flexibility index (Phi) is 3.37. The van der Waals surface area contributed by atoms with Gasteiger partial charge in [-0.3, -0.25) is 4.99 Å². The Bertz CT molecular complexity index is 486. The molecule has 0 atom stereocenters. The number of thiophene rings is 1. The largest absolute Gasteiger partial charge is 0.383 e. The maximum absolute atomic E-state index is 5.92. The first-order chi connectivity index (χ1) is 7.77. The molecule has 0 bridgehead atoms.